The highest BCUT2D eigenvalue weighted by Gasteiger charge is 2.67. The second-order valence-corrected chi connectivity index (χ2v) is 10.5. The van der Waals surface area contributed by atoms with Gasteiger partial charge in [0.1, 0.15) is 18.3 Å². The van der Waals surface area contributed by atoms with E-state index in [-0.39, 0.29) is 19.3 Å². The minimum Gasteiger partial charge on any atom is -0.462 e. The maximum absolute atomic E-state index is 12.1. The number of fused-ring (bicyclic) bond motifs is 2. The summed E-state index contributed by atoms with van der Waals surface area (Å²) in [4.78, 5) is 24.1. The molecule has 4 N–H and O–H groups in total. The van der Waals surface area contributed by atoms with Crippen LogP contribution in [0.2, 0.25) is 0 Å². The molecule has 0 aromatic carbocycles. The third-order valence-corrected chi connectivity index (χ3v) is 8.26. The van der Waals surface area contributed by atoms with Crippen LogP contribution in [0, 0.1) is 16.7 Å². The quantitative estimate of drug-likeness (QED) is 0.373. The van der Waals surface area contributed by atoms with Crippen molar-refractivity contribution < 1.29 is 39.5 Å². The Bertz CT molecular complexity index is 855. The molecular formula is C24H36O8. The number of aliphatic hydroxyl groups is 4. The Morgan fingerprint density at radius 2 is 1.62 bits per heavy atom. The lowest BCUT2D eigenvalue weighted by Gasteiger charge is -2.53. The molecule has 0 amide bonds. The summed E-state index contributed by atoms with van der Waals surface area (Å²) in [5.74, 6) is -1.77. The molecular weight excluding hydrogens is 416 g/mol. The maximum atomic E-state index is 12.1. The van der Waals surface area contributed by atoms with E-state index in [9.17, 15) is 30.0 Å². The van der Waals surface area contributed by atoms with Gasteiger partial charge in [0.05, 0.1) is 23.2 Å². The first-order chi connectivity index (χ1) is 14.6. The van der Waals surface area contributed by atoms with Crippen LogP contribution in [-0.4, -0.2) is 68.5 Å². The second kappa shape index (κ2) is 7.94. The van der Waals surface area contributed by atoms with E-state index in [2.05, 4.69) is 6.58 Å². The molecule has 8 atom stereocenters. The molecule has 0 aromatic rings. The summed E-state index contributed by atoms with van der Waals surface area (Å²) < 4.78 is 11.3. The number of hydrogen-bond donors (Lipinski definition) is 4. The lowest BCUT2D eigenvalue weighted by atomic mass is 9.56. The van der Waals surface area contributed by atoms with Crippen molar-refractivity contribution in [3.63, 3.8) is 0 Å². The van der Waals surface area contributed by atoms with Gasteiger partial charge in [0.2, 0.25) is 0 Å². The van der Waals surface area contributed by atoms with Crippen LogP contribution >= 0.6 is 0 Å². The molecule has 8 unspecified atom stereocenters. The van der Waals surface area contributed by atoms with Gasteiger partial charge >= 0.3 is 11.9 Å². The normalized spacial score (nSPS) is 42.1. The summed E-state index contributed by atoms with van der Waals surface area (Å²) in [7, 11) is 0. The van der Waals surface area contributed by atoms with Crippen molar-refractivity contribution in [1.82, 2.24) is 0 Å². The molecule has 3 rings (SSSR count). The number of hydrogen-bond acceptors (Lipinski definition) is 8. The van der Waals surface area contributed by atoms with Crippen molar-refractivity contribution in [1.29, 1.82) is 0 Å². The zero-order valence-electron chi connectivity index (χ0n) is 19.7. The van der Waals surface area contributed by atoms with E-state index in [1.165, 1.54) is 13.8 Å². The molecule has 0 saturated heterocycles. The molecule has 180 valence electrons. The van der Waals surface area contributed by atoms with Gasteiger partial charge in [-0.15, -0.1) is 0 Å². The maximum Gasteiger partial charge on any atom is 0.303 e. The van der Waals surface area contributed by atoms with Crippen LogP contribution in [0.5, 0.6) is 0 Å². The number of carbonyl (C=O) groups excluding carboxylic acids is 2. The van der Waals surface area contributed by atoms with Gasteiger partial charge in [0.25, 0.3) is 0 Å². The number of ether oxygens (including phenoxy) is 2. The molecule has 0 aromatic heterocycles. The molecule has 0 aliphatic heterocycles. The van der Waals surface area contributed by atoms with Gasteiger partial charge < -0.3 is 29.9 Å². The zero-order valence-corrected chi connectivity index (χ0v) is 19.7. The fourth-order valence-corrected chi connectivity index (χ4v) is 6.47. The highest BCUT2D eigenvalue weighted by molar-refractivity contribution is 5.67. The lowest BCUT2D eigenvalue weighted by molar-refractivity contribution is -0.195. The fourth-order valence-electron chi connectivity index (χ4n) is 6.47. The summed E-state index contributed by atoms with van der Waals surface area (Å²) >= 11 is 0. The number of rotatable bonds is 3. The third kappa shape index (κ3) is 3.52. The van der Waals surface area contributed by atoms with Gasteiger partial charge in [-0.25, -0.2) is 0 Å². The predicted octanol–water partition coefficient (Wildman–Crippen LogP) is 1.40. The standard InChI is InChI=1S/C24H36O8/c1-11-15-9-24(22(5,6)30)10-17(28)12(2)19(24)20(29)21(32-14(4)26)23(15,7)18(8-16(11)27)31-13(3)25/h15-18,20-21,27-30H,1,8-10H2,2-7H3. The van der Waals surface area contributed by atoms with Crippen LogP contribution < -0.4 is 0 Å². The van der Waals surface area contributed by atoms with E-state index in [4.69, 9.17) is 9.47 Å². The molecule has 0 heterocycles. The smallest absolute Gasteiger partial charge is 0.303 e. The second-order valence-electron chi connectivity index (χ2n) is 10.5. The molecule has 3 aliphatic rings. The summed E-state index contributed by atoms with van der Waals surface area (Å²) in [6.07, 6.45) is -4.82. The minimum absolute atomic E-state index is 0.0477. The van der Waals surface area contributed by atoms with Crippen molar-refractivity contribution in [2.24, 2.45) is 16.7 Å². The average Bonchev–Trinajstić information content (AvgIpc) is 2.86. The topological polar surface area (TPSA) is 134 Å². The van der Waals surface area contributed by atoms with Gasteiger partial charge in [-0.1, -0.05) is 13.5 Å². The van der Waals surface area contributed by atoms with E-state index >= 15 is 0 Å². The molecule has 0 spiro atoms. The monoisotopic (exact) mass is 452 g/mol. The summed E-state index contributed by atoms with van der Waals surface area (Å²) in [6, 6.07) is 0. The molecule has 0 radical (unpaired) electrons. The van der Waals surface area contributed by atoms with E-state index < -0.39 is 64.8 Å². The van der Waals surface area contributed by atoms with Gasteiger partial charge in [-0.3, -0.25) is 9.59 Å². The van der Waals surface area contributed by atoms with Crippen LogP contribution in [0.1, 0.15) is 60.8 Å². The summed E-state index contributed by atoms with van der Waals surface area (Å²) in [5.41, 5.74) is -2.15. The molecule has 32 heavy (non-hydrogen) atoms. The molecule has 0 bridgehead atoms. The highest BCUT2D eigenvalue weighted by Crippen LogP contribution is 2.64. The van der Waals surface area contributed by atoms with Crippen LogP contribution in [-0.2, 0) is 19.1 Å². The highest BCUT2D eigenvalue weighted by atomic mass is 16.6. The molecule has 8 nitrogen and oxygen atoms in total. The van der Waals surface area contributed by atoms with Gasteiger partial charge in [0.15, 0.2) is 0 Å². The number of carbonyl (C=O) groups is 2. The van der Waals surface area contributed by atoms with Crippen LogP contribution in [0.3, 0.4) is 0 Å². The molecule has 2 saturated carbocycles. The molecule has 3 aliphatic carbocycles. The van der Waals surface area contributed by atoms with Gasteiger partial charge in [-0.05, 0) is 56.3 Å². The summed E-state index contributed by atoms with van der Waals surface area (Å²) in [5, 5.41) is 44.6. The third-order valence-electron chi connectivity index (χ3n) is 8.26. The number of aliphatic hydroxyl groups excluding tert-OH is 3. The SMILES string of the molecule is C=C1C(O)CC(OC(C)=O)C2(C)C1CC1(C(C)(C)O)CC(O)C(C)=C1C(O)C2OC(C)=O. The first kappa shape index (κ1) is 24.9. The lowest BCUT2D eigenvalue weighted by Crippen LogP contribution is -2.59. The van der Waals surface area contributed by atoms with E-state index in [1.54, 1.807) is 27.7 Å². The average molecular weight is 453 g/mol. The Hall–Kier alpha value is -1.74. The molecule has 8 heteroatoms. The fraction of sp³-hybridized carbons (Fsp3) is 0.750. The zero-order chi connectivity index (χ0) is 24.4. The largest absolute Gasteiger partial charge is 0.462 e. The Kier molecular flexibility index (Phi) is 6.17. The van der Waals surface area contributed by atoms with Crippen molar-refractivity contribution in [3.05, 3.63) is 23.3 Å². The van der Waals surface area contributed by atoms with Gasteiger partial charge in [-0.2, -0.15) is 0 Å². The Balaban J connectivity index is 2.33. The van der Waals surface area contributed by atoms with Crippen molar-refractivity contribution in [2.45, 2.75) is 96.9 Å². The van der Waals surface area contributed by atoms with E-state index in [0.717, 1.165) is 0 Å². The Morgan fingerprint density at radius 1 is 1.06 bits per heavy atom. The van der Waals surface area contributed by atoms with Gasteiger partial charge in [0, 0.05) is 25.7 Å². The molecule has 2 fully saturated rings. The van der Waals surface area contributed by atoms with Crippen LogP contribution in [0.4, 0.5) is 0 Å². The summed E-state index contributed by atoms with van der Waals surface area (Å²) in [6.45, 7) is 13.3. The van der Waals surface area contributed by atoms with Crippen molar-refractivity contribution >= 4 is 11.9 Å². The Morgan fingerprint density at radius 3 is 2.12 bits per heavy atom. The van der Waals surface area contributed by atoms with Crippen molar-refractivity contribution in [2.75, 3.05) is 0 Å². The minimum atomic E-state index is -1.37. The van der Waals surface area contributed by atoms with Crippen molar-refractivity contribution in [3.8, 4) is 0 Å². The van der Waals surface area contributed by atoms with Crippen LogP contribution in [0.15, 0.2) is 23.3 Å². The van der Waals surface area contributed by atoms with E-state index in [0.29, 0.717) is 16.7 Å². The first-order valence-corrected chi connectivity index (χ1v) is 11.1. The number of esters is 2. The van der Waals surface area contributed by atoms with E-state index in [1.807, 2.05) is 0 Å². The van der Waals surface area contributed by atoms with Crippen LogP contribution in [0.25, 0.3) is 0 Å². The predicted molar refractivity (Wildman–Crippen MR) is 115 cm³/mol. The first-order valence-electron chi connectivity index (χ1n) is 11.1. The Labute approximate surface area is 188 Å².